The van der Waals surface area contributed by atoms with E-state index in [0.29, 0.717) is 18.0 Å². The fraction of sp³-hybridized carbons (Fsp3) is 0.417. The molecule has 5 heteroatoms. The lowest BCUT2D eigenvalue weighted by molar-refractivity contribution is -0.141. The van der Waals surface area contributed by atoms with Gasteiger partial charge in [0.15, 0.2) is 0 Å². The number of halogens is 1. The molecule has 29 heavy (non-hydrogen) atoms. The molecule has 0 bridgehead atoms. The maximum absolute atomic E-state index is 13.3. The fourth-order valence-corrected chi connectivity index (χ4v) is 4.20. The van der Waals surface area contributed by atoms with Gasteiger partial charge in [0.1, 0.15) is 6.04 Å². The van der Waals surface area contributed by atoms with Crippen LogP contribution in [0, 0.1) is 0 Å². The smallest absolute Gasteiger partial charge is 0.243 e. The van der Waals surface area contributed by atoms with Gasteiger partial charge in [-0.3, -0.25) is 9.59 Å². The SMILES string of the molecule is CC[C@@H](C(=O)NC1CCCC1)N(Cc1ccccc1)C(=O)Cc1cccc(Cl)c1. The summed E-state index contributed by atoms with van der Waals surface area (Å²) in [7, 11) is 0. The first kappa shape index (κ1) is 21.4. The molecule has 154 valence electrons. The van der Waals surface area contributed by atoms with Crippen molar-refractivity contribution in [1.29, 1.82) is 0 Å². The predicted molar refractivity (Wildman–Crippen MR) is 117 cm³/mol. The molecular weight excluding hydrogens is 384 g/mol. The molecule has 0 heterocycles. The highest BCUT2D eigenvalue weighted by Gasteiger charge is 2.30. The molecule has 1 atom stereocenters. The second-order valence-corrected chi connectivity index (χ2v) is 8.16. The number of carbonyl (C=O) groups is 2. The lowest BCUT2D eigenvalue weighted by Crippen LogP contribution is -2.51. The van der Waals surface area contributed by atoms with E-state index >= 15 is 0 Å². The molecular formula is C24H29ClN2O2. The number of nitrogens with one attached hydrogen (secondary N) is 1. The third-order valence-electron chi connectivity index (χ3n) is 5.53. The Hall–Kier alpha value is -2.33. The Morgan fingerprint density at radius 1 is 1.07 bits per heavy atom. The molecule has 1 saturated carbocycles. The van der Waals surface area contributed by atoms with Crippen molar-refractivity contribution >= 4 is 23.4 Å². The van der Waals surface area contributed by atoms with Gasteiger partial charge in [0.25, 0.3) is 0 Å². The zero-order chi connectivity index (χ0) is 20.6. The van der Waals surface area contributed by atoms with Gasteiger partial charge >= 0.3 is 0 Å². The zero-order valence-corrected chi connectivity index (χ0v) is 17.7. The number of hydrogen-bond acceptors (Lipinski definition) is 2. The third-order valence-corrected chi connectivity index (χ3v) is 5.76. The lowest BCUT2D eigenvalue weighted by atomic mass is 10.1. The standard InChI is InChI=1S/C24H29ClN2O2/c1-2-22(24(29)26-21-13-6-7-14-21)27(17-18-9-4-3-5-10-18)23(28)16-19-11-8-12-20(25)15-19/h3-5,8-12,15,21-22H,2,6-7,13-14,16-17H2,1H3,(H,26,29)/t22-/m0/s1. The minimum Gasteiger partial charge on any atom is -0.352 e. The summed E-state index contributed by atoms with van der Waals surface area (Å²) in [5.74, 6) is -0.112. The van der Waals surface area contributed by atoms with E-state index in [1.807, 2.05) is 49.4 Å². The van der Waals surface area contributed by atoms with Crippen LogP contribution < -0.4 is 5.32 Å². The van der Waals surface area contributed by atoms with E-state index in [0.717, 1.165) is 36.8 Å². The Balaban J connectivity index is 1.79. The molecule has 0 saturated heterocycles. The summed E-state index contributed by atoms with van der Waals surface area (Å²) in [6.45, 7) is 2.38. The van der Waals surface area contributed by atoms with Crippen LogP contribution in [0.2, 0.25) is 5.02 Å². The van der Waals surface area contributed by atoms with Crippen LogP contribution in [0.5, 0.6) is 0 Å². The summed E-state index contributed by atoms with van der Waals surface area (Å²) in [5.41, 5.74) is 1.87. The predicted octanol–water partition coefficient (Wildman–Crippen LogP) is 4.75. The molecule has 1 aliphatic carbocycles. The quantitative estimate of drug-likeness (QED) is 0.680. The molecule has 3 rings (SSSR count). The van der Waals surface area contributed by atoms with Crippen LogP contribution in [-0.2, 0) is 22.6 Å². The van der Waals surface area contributed by atoms with E-state index in [9.17, 15) is 9.59 Å². The van der Waals surface area contributed by atoms with Crippen LogP contribution in [0.4, 0.5) is 0 Å². The Morgan fingerprint density at radius 3 is 2.41 bits per heavy atom. The molecule has 0 spiro atoms. The second-order valence-electron chi connectivity index (χ2n) is 7.73. The van der Waals surface area contributed by atoms with Crippen molar-refractivity contribution in [2.45, 2.75) is 64.1 Å². The summed E-state index contributed by atoms with van der Waals surface area (Å²) in [6, 6.07) is 16.9. The van der Waals surface area contributed by atoms with Crippen LogP contribution in [-0.4, -0.2) is 28.8 Å². The number of benzene rings is 2. The minimum atomic E-state index is -0.484. The molecule has 2 aromatic rings. The monoisotopic (exact) mass is 412 g/mol. The average Bonchev–Trinajstić information content (AvgIpc) is 3.21. The minimum absolute atomic E-state index is 0.0465. The Kier molecular flexibility index (Phi) is 7.70. The van der Waals surface area contributed by atoms with Crippen molar-refractivity contribution in [2.75, 3.05) is 0 Å². The van der Waals surface area contributed by atoms with Gasteiger partial charge in [-0.1, -0.05) is 73.8 Å². The summed E-state index contributed by atoms with van der Waals surface area (Å²) >= 11 is 6.08. The zero-order valence-electron chi connectivity index (χ0n) is 16.9. The van der Waals surface area contributed by atoms with Gasteiger partial charge in [0, 0.05) is 17.6 Å². The molecule has 0 radical (unpaired) electrons. The maximum atomic E-state index is 13.3. The third kappa shape index (κ3) is 6.07. The molecule has 2 amide bonds. The lowest BCUT2D eigenvalue weighted by Gasteiger charge is -2.31. The number of nitrogens with zero attached hydrogens (tertiary/aromatic N) is 1. The van der Waals surface area contributed by atoms with Gasteiger partial charge in [0.05, 0.1) is 6.42 Å². The average molecular weight is 413 g/mol. The first-order chi connectivity index (χ1) is 14.1. The molecule has 4 nitrogen and oxygen atoms in total. The number of amides is 2. The molecule has 2 aromatic carbocycles. The van der Waals surface area contributed by atoms with Crippen molar-refractivity contribution in [3.63, 3.8) is 0 Å². The molecule has 0 unspecified atom stereocenters. The normalized spacial score (nSPS) is 15.1. The van der Waals surface area contributed by atoms with E-state index in [4.69, 9.17) is 11.6 Å². The van der Waals surface area contributed by atoms with Crippen LogP contribution in [0.15, 0.2) is 54.6 Å². The number of carbonyl (C=O) groups excluding carboxylic acids is 2. The molecule has 0 aliphatic heterocycles. The topological polar surface area (TPSA) is 49.4 Å². The molecule has 1 aliphatic rings. The fourth-order valence-electron chi connectivity index (χ4n) is 3.99. The van der Waals surface area contributed by atoms with Gasteiger partial charge in [-0.05, 0) is 42.5 Å². The number of rotatable bonds is 8. The van der Waals surface area contributed by atoms with Gasteiger partial charge in [-0.15, -0.1) is 0 Å². The van der Waals surface area contributed by atoms with Crippen molar-refractivity contribution in [3.05, 3.63) is 70.7 Å². The van der Waals surface area contributed by atoms with E-state index in [1.54, 1.807) is 17.0 Å². The summed E-state index contributed by atoms with van der Waals surface area (Å²) in [6.07, 6.45) is 5.16. The molecule has 1 fully saturated rings. The van der Waals surface area contributed by atoms with Crippen molar-refractivity contribution in [3.8, 4) is 0 Å². The van der Waals surface area contributed by atoms with Crippen LogP contribution in [0.3, 0.4) is 0 Å². The van der Waals surface area contributed by atoms with Crippen LogP contribution in [0.1, 0.15) is 50.2 Å². The van der Waals surface area contributed by atoms with Gasteiger partial charge in [-0.25, -0.2) is 0 Å². The van der Waals surface area contributed by atoms with Crippen molar-refractivity contribution in [2.24, 2.45) is 0 Å². The van der Waals surface area contributed by atoms with E-state index in [1.165, 1.54) is 0 Å². The highest BCUT2D eigenvalue weighted by molar-refractivity contribution is 6.30. The van der Waals surface area contributed by atoms with Gasteiger partial charge < -0.3 is 10.2 Å². The Bertz CT molecular complexity index is 819. The number of hydrogen-bond donors (Lipinski definition) is 1. The second kappa shape index (κ2) is 10.4. The van der Waals surface area contributed by atoms with Crippen molar-refractivity contribution in [1.82, 2.24) is 10.2 Å². The van der Waals surface area contributed by atoms with E-state index < -0.39 is 6.04 Å². The highest BCUT2D eigenvalue weighted by atomic mass is 35.5. The Morgan fingerprint density at radius 2 is 1.76 bits per heavy atom. The summed E-state index contributed by atoms with van der Waals surface area (Å²) < 4.78 is 0. The van der Waals surface area contributed by atoms with E-state index in [-0.39, 0.29) is 24.3 Å². The maximum Gasteiger partial charge on any atom is 0.243 e. The largest absolute Gasteiger partial charge is 0.352 e. The first-order valence-electron chi connectivity index (χ1n) is 10.4. The highest BCUT2D eigenvalue weighted by Crippen LogP contribution is 2.20. The first-order valence-corrected chi connectivity index (χ1v) is 10.8. The van der Waals surface area contributed by atoms with Gasteiger partial charge in [0.2, 0.25) is 11.8 Å². The van der Waals surface area contributed by atoms with E-state index in [2.05, 4.69) is 5.32 Å². The summed E-state index contributed by atoms with van der Waals surface area (Å²) in [4.78, 5) is 28.0. The van der Waals surface area contributed by atoms with Gasteiger partial charge in [-0.2, -0.15) is 0 Å². The van der Waals surface area contributed by atoms with Crippen LogP contribution >= 0.6 is 11.6 Å². The van der Waals surface area contributed by atoms with Crippen LogP contribution in [0.25, 0.3) is 0 Å². The molecule has 0 aromatic heterocycles. The Labute approximate surface area is 178 Å². The summed E-state index contributed by atoms with van der Waals surface area (Å²) in [5, 5.41) is 3.78. The van der Waals surface area contributed by atoms with Crippen molar-refractivity contribution < 1.29 is 9.59 Å². The molecule has 1 N–H and O–H groups in total.